The molecule has 7 rings (SSSR count). The minimum Gasteiger partial charge on any atom is -0.813 e. The second-order valence-electron chi connectivity index (χ2n) is 11.5. The van der Waals surface area contributed by atoms with Crippen molar-refractivity contribution in [1.82, 2.24) is 0 Å². The number of hydrogen-bond donors (Lipinski definition) is 0. The molecule has 0 amide bonds. The van der Waals surface area contributed by atoms with Crippen LogP contribution >= 0.6 is 42.3 Å². The molecule has 0 unspecified atom stereocenters. The average molecular weight is 1370 g/mol. The molecule has 0 atom stereocenters. The summed E-state index contributed by atoms with van der Waals surface area (Å²) in [6, 6.07) is 0. The van der Waals surface area contributed by atoms with Gasteiger partial charge in [0.25, 0.3) is 0 Å². The van der Waals surface area contributed by atoms with E-state index in [0.717, 1.165) is 85.1 Å². The van der Waals surface area contributed by atoms with Crippen molar-refractivity contribution in [2.45, 2.75) is 116 Å². The Morgan fingerprint density at radius 1 is 0.309 bits per heavy atom. The van der Waals surface area contributed by atoms with Crippen LogP contribution in [0.4, 0.5) is 0 Å². The number of nitrogens with zero attached hydrogens (tertiary/aromatic N) is 7. The van der Waals surface area contributed by atoms with Gasteiger partial charge in [-0.2, -0.15) is 6.20 Å². The third-order valence-electron chi connectivity index (χ3n) is 7.44. The third-order valence-corrected chi connectivity index (χ3v) is 7.44. The zero-order chi connectivity index (χ0) is 35.7. The Morgan fingerprint density at radius 2 is 0.491 bits per heavy atom. The molecule has 0 aromatic heterocycles. The summed E-state index contributed by atoms with van der Waals surface area (Å²) in [5.41, 5.74) is 0. The Hall–Kier alpha value is 5.17. The van der Waals surface area contributed by atoms with Crippen molar-refractivity contribution in [1.29, 1.82) is 0 Å². The van der Waals surface area contributed by atoms with Crippen molar-refractivity contribution in [3.8, 4) is 0 Å². The van der Waals surface area contributed by atoms with Crippen molar-refractivity contribution in [2.75, 3.05) is 85.1 Å². The molecule has 7 aliphatic heterocycles. The number of allylic oxidation sites excluding steroid dienone is 2. The van der Waals surface area contributed by atoms with Crippen molar-refractivity contribution >= 4 is 96.3 Å². The van der Waals surface area contributed by atoms with Gasteiger partial charge < -0.3 is 91.2 Å². The Kier molecular flexibility index (Phi) is 137. The molecule has 0 aliphatic carbocycles. The monoisotopic (exact) mass is 1370 g/mol. The predicted octanol–water partition coefficient (Wildman–Crippen LogP) is 12.1. The van der Waals surface area contributed by atoms with Crippen LogP contribution in [0.25, 0.3) is 37.2 Å². The summed E-state index contributed by atoms with van der Waals surface area (Å²) >= 11 is 19.5. The summed E-state index contributed by atoms with van der Waals surface area (Å²) in [5.74, 6) is 0. The van der Waals surface area contributed by atoms with Crippen molar-refractivity contribution in [3.63, 3.8) is 0 Å². The Morgan fingerprint density at radius 3 is 0.527 bits per heavy atom. The van der Waals surface area contributed by atoms with Crippen LogP contribution in [-0.2, 0) is 152 Å². The molecular weight excluding hydrogens is 1300 g/mol. The van der Waals surface area contributed by atoms with Gasteiger partial charge in [0, 0.05) is 0 Å². The normalized spacial score (nSPS) is 18.0. The van der Waals surface area contributed by atoms with E-state index in [1.54, 1.807) is 6.20 Å². The fourth-order valence-electron chi connectivity index (χ4n) is 4.79. The van der Waals surface area contributed by atoms with E-state index < -0.39 is 0 Å². The average Bonchev–Trinajstić information content (AvgIpc) is 3.26. The molecule has 0 aromatic rings. The van der Waals surface area contributed by atoms with Gasteiger partial charge in [0.2, 0.25) is 0 Å². The van der Waals surface area contributed by atoms with Crippen LogP contribution in [0.15, 0.2) is 24.4 Å². The van der Waals surface area contributed by atoms with Crippen molar-refractivity contribution < 1.29 is 97.8 Å². The Bertz CT molecular complexity index is 424. The van der Waals surface area contributed by atoms with Crippen LogP contribution in [0.3, 0.4) is 0 Å². The first-order valence-electron chi connectivity index (χ1n) is 18.1. The van der Waals surface area contributed by atoms with Gasteiger partial charge in [-0.3, -0.25) is 0 Å². The van der Waals surface area contributed by atoms with Crippen LogP contribution in [-0.4, -0.2) is 85.1 Å². The largest absolute Gasteiger partial charge is 2.00 e. The summed E-state index contributed by atoms with van der Waals surface area (Å²) in [7, 11) is 0. The molecular formula is C35H70Br3Cu5MoN7S4-2. The molecule has 0 spiro atoms. The first kappa shape index (κ1) is 83.7. The van der Waals surface area contributed by atoms with E-state index in [1.807, 2.05) is 18.2 Å². The molecule has 0 saturated carbocycles. The molecule has 55 heavy (non-hydrogen) atoms. The predicted molar refractivity (Wildman–Crippen MR) is 250 cm³/mol. The topological polar surface area (TPSA) is 98.7 Å². The summed E-state index contributed by atoms with van der Waals surface area (Å²) in [6.45, 7) is 14.4. The van der Waals surface area contributed by atoms with Gasteiger partial charge in [0.15, 0.2) is 0 Å². The molecule has 6 fully saturated rings. The van der Waals surface area contributed by atoms with Gasteiger partial charge in [0.1, 0.15) is 0 Å². The minimum absolute atomic E-state index is 0. The molecule has 0 aromatic carbocycles. The minimum atomic E-state index is 0. The molecule has 0 bridgehead atoms. The fourth-order valence-corrected chi connectivity index (χ4v) is 4.79. The van der Waals surface area contributed by atoms with Crippen LogP contribution in [0.1, 0.15) is 116 Å². The second-order valence-corrected chi connectivity index (χ2v) is 11.5. The first-order valence-corrected chi connectivity index (χ1v) is 25.1. The van der Waals surface area contributed by atoms with E-state index in [0.29, 0.717) is 0 Å². The van der Waals surface area contributed by atoms with Crippen LogP contribution < -0.4 is 0 Å². The quantitative estimate of drug-likeness (QED) is 0.137. The standard InChI is InChI=1S/6C5H10N.C5H6N.3BrH.5Cu.Mo.4H2S/c7*1-2-4-6-5-3-1;;;;;;;;;;;;;/h6*1-5H2;1-4H,5H2;3*1H;;;;;;;4*1H2/q7*-1;;;;6*+2;;;;/p-7. The number of halogens is 3. The number of thiol groups is 4. The van der Waals surface area contributed by atoms with E-state index >= 15 is 0 Å². The maximum atomic E-state index is 4.18. The van der Waals surface area contributed by atoms with Gasteiger partial charge in [-0.1, -0.05) is 128 Å². The summed E-state index contributed by atoms with van der Waals surface area (Å²) < 4.78 is 0. The van der Waals surface area contributed by atoms with Crippen molar-refractivity contribution in [2.24, 2.45) is 0 Å². The molecule has 7 aliphatic rings. The Balaban J connectivity index is -0.0000000514. The van der Waals surface area contributed by atoms with Gasteiger partial charge in [-0.25, -0.2) is 0 Å². The molecule has 353 valence electrons. The summed E-state index contributed by atoms with van der Waals surface area (Å²) in [4.78, 5) is 0. The Labute approximate surface area is 450 Å². The summed E-state index contributed by atoms with van der Waals surface area (Å²) in [6.07, 6.45) is 32.2. The van der Waals surface area contributed by atoms with E-state index in [-0.39, 0.29) is 109 Å². The molecule has 6 saturated heterocycles. The van der Waals surface area contributed by atoms with Gasteiger partial charge >= 0.3 is 140 Å². The molecule has 7 heterocycles. The summed E-state index contributed by atoms with van der Waals surface area (Å²) in [5, 5.41) is 29.0. The van der Waals surface area contributed by atoms with E-state index in [4.69, 9.17) is 0 Å². The smallest absolute Gasteiger partial charge is 0.813 e. The second kappa shape index (κ2) is 90.0. The van der Waals surface area contributed by atoms with Gasteiger partial charge in [-0.15, -0.1) is 91.2 Å². The SMILES string of the molecule is C1=CC[N-]C=C1.C1CC[N-]CC1.C1CC[N-]CC1.C1CC[N-]CC1.C1CC[N-]CC1.C1CC[N-]CC1.C1CC[N-]CC1.[Cu+2].[Cu+2].[Cu+][Br].[Cu+][Br].[Cu+][Br].[Mo+2].[SH-].[SH-].[SH-].[SH-]. The molecule has 7 nitrogen and oxygen atoms in total. The molecule has 2 radical (unpaired) electrons. The number of piperidine rings is 6. The van der Waals surface area contributed by atoms with E-state index in [9.17, 15) is 0 Å². The van der Waals surface area contributed by atoms with E-state index in [2.05, 4.69) is 122 Å². The zero-order valence-corrected chi connectivity index (χ0v) is 47.2. The number of rotatable bonds is 0. The maximum absolute atomic E-state index is 4.18. The maximum Gasteiger partial charge on any atom is 2.00 e. The zero-order valence-electron chi connectivity index (χ0n) is 32.2. The van der Waals surface area contributed by atoms with Crippen LogP contribution in [0, 0.1) is 0 Å². The third kappa shape index (κ3) is 86.9. The van der Waals surface area contributed by atoms with Crippen molar-refractivity contribution in [3.05, 3.63) is 61.6 Å². The fraction of sp³-hybridized carbons (Fsp3) is 0.886. The van der Waals surface area contributed by atoms with E-state index in [1.165, 1.54) is 116 Å². The molecule has 0 N–H and O–H groups in total. The van der Waals surface area contributed by atoms with Crippen LogP contribution in [0.2, 0.25) is 0 Å². The number of hydrogen-bond acceptors (Lipinski definition) is 4. The van der Waals surface area contributed by atoms with Gasteiger partial charge in [-0.05, 0) is 0 Å². The molecule has 20 heteroatoms. The first-order chi connectivity index (χ1) is 24.0. The van der Waals surface area contributed by atoms with Crippen LogP contribution in [0.5, 0.6) is 0 Å². The van der Waals surface area contributed by atoms with Gasteiger partial charge in [0.05, 0.1) is 0 Å².